The van der Waals surface area contributed by atoms with Crippen molar-refractivity contribution in [2.24, 2.45) is 18.9 Å². The van der Waals surface area contributed by atoms with Crippen LogP contribution in [0.5, 0.6) is 0 Å². The minimum absolute atomic E-state index is 0.0875. The van der Waals surface area contributed by atoms with Crippen molar-refractivity contribution in [3.05, 3.63) is 70.0 Å². The van der Waals surface area contributed by atoms with Crippen LogP contribution in [0, 0.1) is 17.7 Å². The number of rotatable bonds is 7. The fourth-order valence-electron chi connectivity index (χ4n) is 6.84. The fourth-order valence-corrected chi connectivity index (χ4v) is 8.29. The van der Waals surface area contributed by atoms with E-state index in [9.17, 15) is 18.3 Å². The maximum Gasteiger partial charge on any atom is 0.411 e. The molecule has 1 unspecified atom stereocenters. The molecular formula is C31H35Cl2FN6O5S. The van der Waals surface area contributed by atoms with Gasteiger partial charge in [0.2, 0.25) is 10.0 Å². The second-order valence-corrected chi connectivity index (χ2v) is 14.8. The van der Waals surface area contributed by atoms with Crippen LogP contribution in [0.2, 0.25) is 10.2 Å². The van der Waals surface area contributed by atoms with Gasteiger partial charge in [0.25, 0.3) is 0 Å². The van der Waals surface area contributed by atoms with Gasteiger partial charge < -0.3 is 19.4 Å². The average molecular weight is 694 g/mol. The van der Waals surface area contributed by atoms with E-state index in [2.05, 4.69) is 15.0 Å². The zero-order valence-electron chi connectivity index (χ0n) is 25.5. The normalized spacial score (nSPS) is 20.8. The summed E-state index contributed by atoms with van der Waals surface area (Å²) >= 11 is 13.0. The number of benzene rings is 2. The molecule has 15 heteroatoms. The number of imidazole rings is 1. The molecule has 3 atom stereocenters. The molecule has 4 aromatic rings. The number of amides is 1. The Kier molecular flexibility index (Phi) is 9.09. The number of hydrogen-bond donors (Lipinski definition) is 3. The van der Waals surface area contributed by atoms with Crippen molar-refractivity contribution < 1.29 is 27.4 Å². The number of nitrogens with one attached hydrogen (secondary N) is 2. The van der Waals surface area contributed by atoms with Crippen LogP contribution in [0.15, 0.2) is 42.6 Å². The monoisotopic (exact) mass is 692 g/mol. The number of H-pyrrole nitrogens is 1. The number of aryl methyl sites for hydroxylation is 1. The maximum absolute atomic E-state index is 16.0. The first kappa shape index (κ1) is 32.7. The van der Waals surface area contributed by atoms with E-state index >= 15 is 4.39 Å². The van der Waals surface area contributed by atoms with Gasteiger partial charge in [-0.25, -0.2) is 26.9 Å². The highest BCUT2D eigenvalue weighted by atomic mass is 35.5. The predicted octanol–water partition coefficient (Wildman–Crippen LogP) is 5.92. The van der Waals surface area contributed by atoms with Gasteiger partial charge in [-0.15, -0.1) is 0 Å². The summed E-state index contributed by atoms with van der Waals surface area (Å²) in [7, 11) is -0.216. The second kappa shape index (κ2) is 12.8. The van der Waals surface area contributed by atoms with E-state index in [0.29, 0.717) is 72.3 Å². The summed E-state index contributed by atoms with van der Waals surface area (Å²) in [6, 6.07) is 9.83. The number of carbonyl (C=O) groups excluding carboxylic acids is 1. The summed E-state index contributed by atoms with van der Waals surface area (Å²) in [4.78, 5) is 21.4. The standard InChI is InChI=1S/C31H35Cl2FN6O5S/c1-38-16-22(32)25-23(38)9-8-21(26(25)34)30(41)40-15-19(17-10-12-39(13-11-17)46(3,43)44)14-24(40)29-36-27(28(33)37-29)18-4-6-20(7-5-18)35-31(42)45-2/h4-9,16-17,19,24,30,41H,10-15H2,1-3H3,(H,35,42)(H,36,37)/t19-,24-,30?/m0/s1. The Morgan fingerprint density at radius 1 is 1.15 bits per heavy atom. The first-order valence-electron chi connectivity index (χ1n) is 14.9. The lowest BCUT2D eigenvalue weighted by Crippen LogP contribution is -2.40. The van der Waals surface area contributed by atoms with E-state index < -0.39 is 34.2 Å². The topological polar surface area (TPSA) is 133 Å². The lowest BCUT2D eigenvalue weighted by molar-refractivity contribution is -0.0150. The van der Waals surface area contributed by atoms with Gasteiger partial charge in [0.05, 0.1) is 35.3 Å². The Morgan fingerprint density at radius 3 is 2.50 bits per heavy atom. The van der Waals surface area contributed by atoms with Crippen LogP contribution in [-0.4, -0.2) is 76.4 Å². The van der Waals surface area contributed by atoms with E-state index in [4.69, 9.17) is 28.2 Å². The summed E-state index contributed by atoms with van der Waals surface area (Å²) in [5.74, 6) is 0.224. The molecule has 46 heavy (non-hydrogen) atoms. The number of halogens is 3. The Hall–Kier alpha value is -3.20. The van der Waals surface area contributed by atoms with Crippen LogP contribution >= 0.6 is 23.2 Å². The van der Waals surface area contributed by atoms with Gasteiger partial charge in [0.1, 0.15) is 28.7 Å². The molecule has 2 aromatic carbocycles. The number of methoxy groups -OCH3 is 1. The van der Waals surface area contributed by atoms with E-state index in [1.165, 1.54) is 17.7 Å². The molecule has 246 valence electrons. The zero-order chi connectivity index (χ0) is 32.9. The van der Waals surface area contributed by atoms with Crippen molar-refractivity contribution >= 4 is 55.9 Å². The summed E-state index contributed by atoms with van der Waals surface area (Å²) in [5.41, 5.74) is 2.44. The third kappa shape index (κ3) is 6.24. The van der Waals surface area contributed by atoms with Crippen molar-refractivity contribution in [3.63, 3.8) is 0 Å². The van der Waals surface area contributed by atoms with Crippen molar-refractivity contribution in [2.45, 2.75) is 31.5 Å². The van der Waals surface area contributed by atoms with Gasteiger partial charge in [-0.3, -0.25) is 10.2 Å². The predicted molar refractivity (Wildman–Crippen MR) is 175 cm³/mol. The van der Waals surface area contributed by atoms with Crippen molar-refractivity contribution in [2.75, 3.05) is 38.3 Å². The van der Waals surface area contributed by atoms with Gasteiger partial charge in [-0.1, -0.05) is 35.3 Å². The van der Waals surface area contributed by atoms with Gasteiger partial charge >= 0.3 is 6.09 Å². The number of fused-ring (bicyclic) bond motifs is 1. The third-order valence-corrected chi connectivity index (χ3v) is 11.1. The van der Waals surface area contributed by atoms with Crippen molar-refractivity contribution in [1.82, 2.24) is 23.7 Å². The van der Waals surface area contributed by atoms with E-state index in [-0.39, 0.29) is 27.8 Å². The average Bonchev–Trinajstić information content (AvgIpc) is 3.72. The number of piperidine rings is 1. The number of aromatic amines is 1. The Bertz CT molecular complexity index is 1870. The van der Waals surface area contributed by atoms with Crippen LogP contribution < -0.4 is 5.32 Å². The Labute approximate surface area is 276 Å². The lowest BCUT2D eigenvalue weighted by Gasteiger charge is -2.33. The molecular weight excluding hydrogens is 658 g/mol. The van der Waals surface area contributed by atoms with E-state index in [1.54, 1.807) is 54.2 Å². The minimum atomic E-state index is -3.28. The molecule has 0 spiro atoms. The molecule has 4 heterocycles. The highest BCUT2D eigenvalue weighted by Crippen LogP contribution is 2.46. The number of carbonyl (C=O) groups is 1. The number of aromatic nitrogens is 3. The number of anilines is 1. The highest BCUT2D eigenvalue weighted by Gasteiger charge is 2.44. The molecule has 0 bridgehead atoms. The molecule has 6 rings (SSSR count). The maximum atomic E-state index is 16.0. The van der Waals surface area contributed by atoms with Gasteiger partial charge in [-0.2, -0.15) is 0 Å². The lowest BCUT2D eigenvalue weighted by atomic mass is 9.83. The quantitative estimate of drug-likeness (QED) is 0.219. The van der Waals surface area contributed by atoms with Gasteiger partial charge in [-0.05, 0) is 55.4 Å². The number of nitrogens with zero attached hydrogens (tertiary/aromatic N) is 4. The molecule has 3 N–H and O–H groups in total. The number of hydrogen-bond acceptors (Lipinski definition) is 7. The third-order valence-electron chi connectivity index (χ3n) is 9.26. The molecule has 0 saturated carbocycles. The Morgan fingerprint density at radius 2 is 1.85 bits per heavy atom. The number of ether oxygens (including phenoxy) is 1. The zero-order valence-corrected chi connectivity index (χ0v) is 27.8. The van der Waals surface area contributed by atoms with Crippen LogP contribution in [0.1, 0.15) is 42.9 Å². The molecule has 0 aliphatic carbocycles. The highest BCUT2D eigenvalue weighted by molar-refractivity contribution is 7.88. The Balaban J connectivity index is 1.32. The number of aliphatic hydroxyl groups excluding tert-OH is 1. The molecule has 0 radical (unpaired) electrons. The van der Waals surface area contributed by atoms with Crippen LogP contribution in [0.3, 0.4) is 0 Å². The number of aliphatic hydroxyl groups is 1. The van der Waals surface area contributed by atoms with E-state index in [0.717, 1.165) is 0 Å². The number of sulfonamides is 1. The smallest absolute Gasteiger partial charge is 0.411 e. The SMILES string of the molecule is COC(=O)Nc1ccc(-c2nc([C@@H]3C[C@H](C4CCN(S(C)(=O)=O)CC4)CN3C(O)c3ccc4c(c(Cl)cn4C)c3F)[nH]c2Cl)cc1. The molecule has 11 nitrogen and oxygen atoms in total. The van der Waals surface area contributed by atoms with E-state index in [1.807, 2.05) is 4.90 Å². The summed E-state index contributed by atoms with van der Waals surface area (Å²) in [6.45, 7) is 1.31. The van der Waals surface area contributed by atoms with Gasteiger partial charge in [0.15, 0.2) is 0 Å². The molecule has 2 fully saturated rings. The van der Waals surface area contributed by atoms with Crippen LogP contribution in [-0.2, 0) is 21.8 Å². The molecule has 2 aromatic heterocycles. The summed E-state index contributed by atoms with van der Waals surface area (Å²) in [5, 5.41) is 15.2. The molecule has 2 saturated heterocycles. The second-order valence-electron chi connectivity index (χ2n) is 12.0. The first-order chi connectivity index (χ1) is 21.8. The number of likely N-dealkylation sites (tertiary alicyclic amines) is 1. The molecule has 1 amide bonds. The van der Waals surface area contributed by atoms with Crippen LogP contribution in [0.25, 0.3) is 22.2 Å². The minimum Gasteiger partial charge on any atom is -0.453 e. The largest absolute Gasteiger partial charge is 0.453 e. The van der Waals surface area contributed by atoms with Crippen LogP contribution in [0.4, 0.5) is 14.9 Å². The van der Waals surface area contributed by atoms with Gasteiger partial charge in [0, 0.05) is 49.7 Å². The summed E-state index contributed by atoms with van der Waals surface area (Å²) < 4.78 is 48.1. The fraction of sp³-hybridized carbons (Fsp3) is 0.419. The summed E-state index contributed by atoms with van der Waals surface area (Å²) in [6.07, 6.45) is 2.92. The van der Waals surface area contributed by atoms with Crippen molar-refractivity contribution in [1.29, 1.82) is 0 Å². The molecule has 2 aliphatic rings. The molecule has 2 aliphatic heterocycles. The van der Waals surface area contributed by atoms with Crippen molar-refractivity contribution in [3.8, 4) is 11.3 Å². The first-order valence-corrected chi connectivity index (χ1v) is 17.5.